The number of aromatic amines is 1. The van der Waals surface area contributed by atoms with Crippen LogP contribution in [0.4, 0.5) is 5.69 Å². The molecule has 28 heavy (non-hydrogen) atoms. The number of anilines is 1. The van der Waals surface area contributed by atoms with E-state index in [2.05, 4.69) is 10.3 Å². The van der Waals surface area contributed by atoms with Crippen molar-refractivity contribution in [3.8, 4) is 0 Å². The minimum Gasteiger partial charge on any atom is -0.325 e. The van der Waals surface area contributed by atoms with Crippen molar-refractivity contribution in [2.24, 2.45) is 0 Å². The third kappa shape index (κ3) is 3.62. The van der Waals surface area contributed by atoms with Gasteiger partial charge in [-0.15, -0.1) is 0 Å². The Morgan fingerprint density at radius 2 is 1.71 bits per heavy atom. The predicted molar refractivity (Wildman–Crippen MR) is 108 cm³/mol. The van der Waals surface area contributed by atoms with Crippen molar-refractivity contribution in [2.75, 3.05) is 5.32 Å². The number of ketones is 1. The van der Waals surface area contributed by atoms with E-state index in [1.165, 1.54) is 6.07 Å². The SMILES string of the molecule is O=C1C[C@@H](c2ccccc2)Cc2[nH]c(=O)c(C(=O)Nc3ccc(Cl)cc3)cc21. The molecule has 3 aromatic rings. The number of nitrogens with one attached hydrogen (secondary N) is 2. The molecule has 1 aliphatic rings. The second-order valence-electron chi connectivity index (χ2n) is 6.80. The van der Waals surface area contributed by atoms with E-state index in [1.54, 1.807) is 24.3 Å². The van der Waals surface area contributed by atoms with E-state index in [0.717, 1.165) is 5.56 Å². The molecule has 0 fully saturated rings. The largest absolute Gasteiger partial charge is 0.325 e. The molecule has 2 N–H and O–H groups in total. The van der Waals surface area contributed by atoms with Gasteiger partial charge < -0.3 is 10.3 Å². The van der Waals surface area contributed by atoms with Crippen molar-refractivity contribution < 1.29 is 9.59 Å². The molecule has 5 nitrogen and oxygen atoms in total. The number of halogens is 1. The van der Waals surface area contributed by atoms with E-state index >= 15 is 0 Å². The van der Waals surface area contributed by atoms with Crippen molar-refractivity contribution in [3.05, 3.63) is 98.4 Å². The zero-order valence-corrected chi connectivity index (χ0v) is 15.6. The number of hydrogen-bond acceptors (Lipinski definition) is 3. The Labute approximate surface area is 166 Å². The van der Waals surface area contributed by atoms with Gasteiger partial charge >= 0.3 is 0 Å². The molecular weight excluding hydrogens is 376 g/mol. The van der Waals surface area contributed by atoms with Gasteiger partial charge in [0.05, 0.1) is 0 Å². The van der Waals surface area contributed by atoms with Gasteiger partial charge in [0.1, 0.15) is 5.56 Å². The molecule has 1 aliphatic carbocycles. The van der Waals surface area contributed by atoms with Crippen LogP contribution in [0, 0.1) is 0 Å². The second-order valence-corrected chi connectivity index (χ2v) is 7.24. The summed E-state index contributed by atoms with van der Waals surface area (Å²) in [7, 11) is 0. The molecule has 0 spiro atoms. The van der Waals surface area contributed by atoms with Crippen molar-refractivity contribution in [3.63, 3.8) is 0 Å². The van der Waals surface area contributed by atoms with Crippen molar-refractivity contribution in [1.29, 1.82) is 0 Å². The average Bonchev–Trinajstić information content (AvgIpc) is 2.69. The van der Waals surface area contributed by atoms with Crippen molar-refractivity contribution in [2.45, 2.75) is 18.8 Å². The maximum Gasteiger partial charge on any atom is 0.261 e. The van der Waals surface area contributed by atoms with Crippen LogP contribution in [-0.2, 0) is 6.42 Å². The Balaban J connectivity index is 1.62. The minimum absolute atomic E-state index is 0.0191. The Morgan fingerprint density at radius 3 is 2.43 bits per heavy atom. The highest BCUT2D eigenvalue weighted by Crippen LogP contribution is 2.31. The van der Waals surface area contributed by atoms with Gasteiger partial charge in [0.15, 0.2) is 5.78 Å². The molecule has 0 radical (unpaired) electrons. The van der Waals surface area contributed by atoms with Gasteiger partial charge in [0.25, 0.3) is 11.5 Å². The Kier molecular flexibility index (Phi) is 4.84. The van der Waals surface area contributed by atoms with Crippen LogP contribution in [0.1, 0.15) is 44.3 Å². The summed E-state index contributed by atoms with van der Waals surface area (Å²) in [5, 5.41) is 3.20. The molecule has 6 heteroatoms. The standard InChI is InChI=1S/C22H17ClN2O3/c23-15-6-8-16(9-7-15)24-21(27)18-12-17-19(25-22(18)28)10-14(11-20(17)26)13-4-2-1-3-5-13/h1-9,12,14H,10-11H2,(H,24,27)(H,25,28)/t14-/m0/s1. The van der Waals surface area contributed by atoms with Crippen LogP contribution >= 0.6 is 11.6 Å². The highest BCUT2D eigenvalue weighted by atomic mass is 35.5. The molecule has 140 valence electrons. The van der Waals surface area contributed by atoms with E-state index in [9.17, 15) is 14.4 Å². The van der Waals surface area contributed by atoms with Crippen LogP contribution in [0.25, 0.3) is 0 Å². The summed E-state index contributed by atoms with van der Waals surface area (Å²) in [6.45, 7) is 0. The van der Waals surface area contributed by atoms with Gasteiger partial charge in [0, 0.05) is 28.4 Å². The maximum atomic E-state index is 12.7. The molecule has 4 rings (SSSR count). The third-order valence-corrected chi connectivity index (χ3v) is 5.18. The number of amides is 1. The van der Waals surface area contributed by atoms with Gasteiger partial charge in [-0.2, -0.15) is 0 Å². The summed E-state index contributed by atoms with van der Waals surface area (Å²) < 4.78 is 0. The quantitative estimate of drug-likeness (QED) is 0.701. The molecule has 0 unspecified atom stereocenters. The lowest BCUT2D eigenvalue weighted by atomic mass is 9.81. The number of pyridine rings is 1. The summed E-state index contributed by atoms with van der Waals surface area (Å²) in [6.07, 6.45) is 0.903. The molecule has 1 aromatic heterocycles. The molecule has 0 aliphatic heterocycles. The Hall–Kier alpha value is -3.18. The number of Topliss-reactive ketones (excluding diaryl/α,β-unsaturated/α-hetero) is 1. The smallest absolute Gasteiger partial charge is 0.261 e. The molecule has 2 aromatic carbocycles. The number of carbonyl (C=O) groups is 2. The van der Waals surface area contributed by atoms with Crippen molar-refractivity contribution in [1.82, 2.24) is 4.98 Å². The number of rotatable bonds is 3. The maximum absolute atomic E-state index is 12.7. The van der Waals surface area contributed by atoms with Crippen LogP contribution < -0.4 is 10.9 Å². The van der Waals surface area contributed by atoms with E-state index < -0.39 is 11.5 Å². The molecule has 0 bridgehead atoms. The summed E-state index contributed by atoms with van der Waals surface area (Å²) in [6, 6.07) is 17.7. The average molecular weight is 393 g/mol. The lowest BCUT2D eigenvalue weighted by molar-refractivity contribution is 0.0963. The number of benzene rings is 2. The first-order valence-corrected chi connectivity index (χ1v) is 9.30. The monoisotopic (exact) mass is 392 g/mol. The number of carbonyl (C=O) groups excluding carboxylic acids is 2. The zero-order valence-electron chi connectivity index (χ0n) is 14.9. The predicted octanol–water partition coefficient (Wildman–Crippen LogP) is 4.19. The fourth-order valence-corrected chi connectivity index (χ4v) is 3.62. The van der Waals surface area contributed by atoms with Crippen LogP contribution in [0.15, 0.2) is 65.5 Å². The fraction of sp³-hybridized carbons (Fsp3) is 0.136. The number of H-pyrrole nitrogens is 1. The van der Waals surface area contributed by atoms with Crippen LogP contribution in [-0.4, -0.2) is 16.7 Å². The van der Waals surface area contributed by atoms with Gasteiger partial charge in [0.2, 0.25) is 0 Å². The minimum atomic E-state index is -0.565. The van der Waals surface area contributed by atoms with E-state index in [0.29, 0.717) is 34.8 Å². The molecule has 1 atom stereocenters. The Bertz CT molecular complexity index is 1100. The second kappa shape index (κ2) is 7.44. The summed E-state index contributed by atoms with van der Waals surface area (Å²) >= 11 is 5.84. The Morgan fingerprint density at radius 1 is 1.00 bits per heavy atom. The van der Waals surface area contributed by atoms with Gasteiger partial charge in [-0.25, -0.2) is 0 Å². The summed E-state index contributed by atoms with van der Waals surface area (Å²) in [4.78, 5) is 40.4. The molecular formula is C22H17ClN2O3. The van der Waals surface area contributed by atoms with Gasteiger partial charge in [-0.1, -0.05) is 41.9 Å². The lowest BCUT2D eigenvalue weighted by Crippen LogP contribution is -2.29. The first kappa shape index (κ1) is 18.2. The number of fused-ring (bicyclic) bond motifs is 1. The van der Waals surface area contributed by atoms with Gasteiger partial charge in [-0.05, 0) is 48.2 Å². The number of aromatic nitrogens is 1. The summed E-state index contributed by atoms with van der Waals surface area (Å²) in [5.41, 5.74) is 1.98. The fourth-order valence-electron chi connectivity index (χ4n) is 3.49. The van der Waals surface area contributed by atoms with Crippen molar-refractivity contribution >= 4 is 29.0 Å². The van der Waals surface area contributed by atoms with E-state index in [4.69, 9.17) is 11.6 Å². The topological polar surface area (TPSA) is 79.0 Å². The lowest BCUT2D eigenvalue weighted by Gasteiger charge is -2.24. The number of hydrogen-bond donors (Lipinski definition) is 2. The zero-order chi connectivity index (χ0) is 19.7. The van der Waals surface area contributed by atoms with E-state index in [-0.39, 0.29) is 17.3 Å². The van der Waals surface area contributed by atoms with E-state index in [1.807, 2.05) is 30.3 Å². The molecule has 0 saturated heterocycles. The first-order valence-electron chi connectivity index (χ1n) is 8.92. The third-order valence-electron chi connectivity index (χ3n) is 4.92. The van der Waals surface area contributed by atoms with Crippen LogP contribution in [0.5, 0.6) is 0 Å². The highest BCUT2D eigenvalue weighted by molar-refractivity contribution is 6.30. The normalized spacial score (nSPS) is 15.8. The van der Waals surface area contributed by atoms with Gasteiger partial charge in [-0.3, -0.25) is 14.4 Å². The summed E-state index contributed by atoms with van der Waals surface area (Å²) in [5.74, 6) is -0.623. The van der Waals surface area contributed by atoms with Crippen LogP contribution in [0.2, 0.25) is 5.02 Å². The molecule has 1 heterocycles. The molecule has 0 saturated carbocycles. The van der Waals surface area contributed by atoms with Crippen LogP contribution in [0.3, 0.4) is 0 Å². The first-order chi connectivity index (χ1) is 13.5. The molecule has 1 amide bonds. The highest BCUT2D eigenvalue weighted by Gasteiger charge is 2.28.